The predicted molar refractivity (Wildman–Crippen MR) is 66.4 cm³/mol. The highest BCUT2D eigenvalue weighted by Gasteiger charge is 2.28. The van der Waals surface area contributed by atoms with Crippen LogP contribution in [-0.2, 0) is 4.74 Å². The van der Waals surface area contributed by atoms with Crippen molar-refractivity contribution in [1.29, 1.82) is 0 Å². The smallest absolute Gasteiger partial charge is 0.290 e. The number of hydrogen-bond donors (Lipinski definition) is 2. The van der Waals surface area contributed by atoms with Crippen molar-refractivity contribution >= 4 is 5.91 Å². The summed E-state index contributed by atoms with van der Waals surface area (Å²) in [7, 11) is 0. The third-order valence-corrected chi connectivity index (χ3v) is 2.73. The molecule has 6 nitrogen and oxygen atoms in total. The highest BCUT2D eigenvalue weighted by atomic mass is 16.5. The molecule has 18 heavy (non-hydrogen) atoms. The summed E-state index contributed by atoms with van der Waals surface area (Å²) in [4.78, 5) is 15.9. The molecule has 0 bridgehead atoms. The minimum atomic E-state index is -0.220. The third-order valence-electron chi connectivity index (χ3n) is 2.73. The Labute approximate surface area is 107 Å². The minimum absolute atomic E-state index is 0.220. The van der Waals surface area contributed by atoms with E-state index in [0.717, 1.165) is 25.1 Å². The average Bonchev–Trinajstić information content (AvgIpc) is 3.06. The van der Waals surface area contributed by atoms with Crippen LogP contribution in [0.15, 0.2) is 0 Å². The van der Waals surface area contributed by atoms with Gasteiger partial charge >= 0.3 is 0 Å². The third kappa shape index (κ3) is 3.80. The number of ether oxygens (including phenoxy) is 1. The standard InChI is InChI=1S/C12H20N4O2/c1-8(2)18-7-3-6-13-12(17)11-14-10(15-16-11)9-4-5-9/h8-9H,3-7H2,1-2H3,(H,13,17)(H,14,15,16). The molecule has 1 fully saturated rings. The Kier molecular flexibility index (Phi) is 4.30. The number of nitrogens with one attached hydrogen (secondary N) is 2. The normalized spacial score (nSPS) is 15.1. The summed E-state index contributed by atoms with van der Waals surface area (Å²) in [5, 5.41) is 9.52. The van der Waals surface area contributed by atoms with Crippen LogP contribution in [0, 0.1) is 0 Å². The fourth-order valence-electron chi connectivity index (χ4n) is 1.59. The van der Waals surface area contributed by atoms with E-state index in [9.17, 15) is 4.79 Å². The first-order valence-corrected chi connectivity index (χ1v) is 6.49. The average molecular weight is 252 g/mol. The van der Waals surface area contributed by atoms with Crippen molar-refractivity contribution < 1.29 is 9.53 Å². The number of nitrogens with zero attached hydrogens (tertiary/aromatic N) is 2. The van der Waals surface area contributed by atoms with Gasteiger partial charge in [0.2, 0.25) is 5.82 Å². The Hall–Kier alpha value is -1.43. The van der Waals surface area contributed by atoms with Crippen LogP contribution >= 0.6 is 0 Å². The number of carbonyl (C=O) groups excluding carboxylic acids is 1. The summed E-state index contributed by atoms with van der Waals surface area (Å²) in [6, 6.07) is 0. The quantitative estimate of drug-likeness (QED) is 0.715. The predicted octanol–water partition coefficient (Wildman–Crippen LogP) is 1.23. The number of rotatable bonds is 7. The van der Waals surface area contributed by atoms with E-state index in [-0.39, 0.29) is 17.8 Å². The summed E-state index contributed by atoms with van der Waals surface area (Å²) in [5.74, 6) is 1.34. The second-order valence-electron chi connectivity index (χ2n) is 4.85. The molecule has 0 aromatic carbocycles. The lowest BCUT2D eigenvalue weighted by Crippen LogP contribution is -2.26. The van der Waals surface area contributed by atoms with Gasteiger partial charge in [0.05, 0.1) is 6.10 Å². The van der Waals surface area contributed by atoms with Crippen molar-refractivity contribution in [2.75, 3.05) is 13.2 Å². The first kappa shape index (κ1) is 13.0. The maximum absolute atomic E-state index is 11.7. The van der Waals surface area contributed by atoms with Crippen LogP contribution in [0.4, 0.5) is 0 Å². The van der Waals surface area contributed by atoms with Crippen LogP contribution in [-0.4, -0.2) is 40.3 Å². The van der Waals surface area contributed by atoms with E-state index in [2.05, 4.69) is 20.5 Å². The Morgan fingerprint density at radius 3 is 3.00 bits per heavy atom. The van der Waals surface area contributed by atoms with Gasteiger partial charge in [0.25, 0.3) is 5.91 Å². The van der Waals surface area contributed by atoms with Gasteiger partial charge in [-0.15, -0.1) is 5.10 Å². The van der Waals surface area contributed by atoms with Crippen molar-refractivity contribution in [2.45, 2.75) is 45.1 Å². The molecule has 0 unspecified atom stereocenters. The molecule has 100 valence electrons. The van der Waals surface area contributed by atoms with Crippen LogP contribution < -0.4 is 5.32 Å². The molecule has 1 heterocycles. The van der Waals surface area contributed by atoms with Gasteiger partial charge in [0, 0.05) is 19.1 Å². The molecule has 1 aliphatic carbocycles. The molecule has 0 aliphatic heterocycles. The van der Waals surface area contributed by atoms with Crippen molar-refractivity contribution in [3.63, 3.8) is 0 Å². The van der Waals surface area contributed by atoms with Crippen molar-refractivity contribution in [3.8, 4) is 0 Å². The second-order valence-corrected chi connectivity index (χ2v) is 4.85. The number of amides is 1. The summed E-state index contributed by atoms with van der Waals surface area (Å²) in [5.41, 5.74) is 0. The van der Waals surface area contributed by atoms with Gasteiger partial charge in [0.15, 0.2) is 0 Å². The van der Waals surface area contributed by atoms with Crippen LogP contribution in [0.2, 0.25) is 0 Å². The molecule has 1 amide bonds. The fraction of sp³-hybridized carbons (Fsp3) is 0.750. The highest BCUT2D eigenvalue weighted by Crippen LogP contribution is 2.37. The molecule has 1 aromatic heterocycles. The van der Waals surface area contributed by atoms with Crippen molar-refractivity contribution in [2.24, 2.45) is 0 Å². The molecule has 1 saturated carbocycles. The summed E-state index contributed by atoms with van der Waals surface area (Å²) < 4.78 is 5.38. The zero-order valence-electron chi connectivity index (χ0n) is 10.9. The van der Waals surface area contributed by atoms with Gasteiger partial charge in [-0.3, -0.25) is 9.89 Å². The van der Waals surface area contributed by atoms with Crippen LogP contribution in [0.1, 0.15) is 55.5 Å². The van der Waals surface area contributed by atoms with Gasteiger partial charge in [-0.1, -0.05) is 0 Å². The van der Waals surface area contributed by atoms with E-state index in [0.29, 0.717) is 19.1 Å². The second kappa shape index (κ2) is 5.95. The zero-order valence-corrected chi connectivity index (χ0v) is 10.9. The monoisotopic (exact) mass is 252 g/mol. The fourth-order valence-corrected chi connectivity index (χ4v) is 1.59. The van der Waals surface area contributed by atoms with Crippen molar-refractivity contribution in [1.82, 2.24) is 20.5 Å². The minimum Gasteiger partial charge on any atom is -0.379 e. The van der Waals surface area contributed by atoms with E-state index >= 15 is 0 Å². The Morgan fingerprint density at radius 1 is 1.56 bits per heavy atom. The zero-order chi connectivity index (χ0) is 13.0. The number of H-pyrrole nitrogens is 1. The molecular formula is C12H20N4O2. The SMILES string of the molecule is CC(C)OCCCNC(=O)c1n[nH]c(C2CC2)n1. The Morgan fingerprint density at radius 2 is 2.33 bits per heavy atom. The number of aromatic amines is 1. The van der Waals surface area contributed by atoms with Gasteiger partial charge in [-0.2, -0.15) is 0 Å². The van der Waals surface area contributed by atoms with E-state index in [4.69, 9.17) is 4.74 Å². The van der Waals surface area contributed by atoms with Crippen molar-refractivity contribution in [3.05, 3.63) is 11.6 Å². The number of aromatic nitrogens is 3. The molecule has 0 radical (unpaired) electrons. The molecule has 0 atom stereocenters. The van der Waals surface area contributed by atoms with E-state index in [1.807, 2.05) is 13.8 Å². The molecule has 0 saturated heterocycles. The lowest BCUT2D eigenvalue weighted by Gasteiger charge is -2.07. The lowest BCUT2D eigenvalue weighted by atomic mass is 10.4. The number of carbonyl (C=O) groups is 1. The van der Waals surface area contributed by atoms with Gasteiger partial charge in [0.1, 0.15) is 5.82 Å². The molecule has 1 aromatic rings. The maximum atomic E-state index is 11.7. The molecule has 1 aliphatic rings. The van der Waals surface area contributed by atoms with E-state index < -0.39 is 0 Å². The van der Waals surface area contributed by atoms with Gasteiger partial charge < -0.3 is 10.1 Å². The summed E-state index contributed by atoms with van der Waals surface area (Å²) in [6.45, 7) is 5.22. The van der Waals surface area contributed by atoms with Gasteiger partial charge in [-0.05, 0) is 33.1 Å². The van der Waals surface area contributed by atoms with Crippen LogP contribution in [0.5, 0.6) is 0 Å². The first-order valence-electron chi connectivity index (χ1n) is 6.49. The van der Waals surface area contributed by atoms with Crippen LogP contribution in [0.3, 0.4) is 0 Å². The summed E-state index contributed by atoms with van der Waals surface area (Å²) in [6.07, 6.45) is 3.31. The van der Waals surface area contributed by atoms with E-state index in [1.54, 1.807) is 0 Å². The molecule has 2 rings (SSSR count). The number of hydrogen-bond acceptors (Lipinski definition) is 4. The maximum Gasteiger partial charge on any atom is 0.290 e. The Bertz CT molecular complexity index is 399. The molecular weight excluding hydrogens is 232 g/mol. The Balaban J connectivity index is 1.67. The van der Waals surface area contributed by atoms with Crippen LogP contribution in [0.25, 0.3) is 0 Å². The molecule has 2 N–H and O–H groups in total. The van der Waals surface area contributed by atoms with Gasteiger partial charge in [-0.25, -0.2) is 4.98 Å². The first-order chi connectivity index (χ1) is 8.66. The lowest BCUT2D eigenvalue weighted by molar-refractivity contribution is 0.0756. The molecule has 6 heteroatoms. The van der Waals surface area contributed by atoms with E-state index in [1.165, 1.54) is 0 Å². The highest BCUT2D eigenvalue weighted by molar-refractivity contribution is 5.90. The summed E-state index contributed by atoms with van der Waals surface area (Å²) >= 11 is 0. The largest absolute Gasteiger partial charge is 0.379 e. The molecule has 0 spiro atoms. The topological polar surface area (TPSA) is 79.9 Å².